The molecule has 1 aromatic heterocycles. The van der Waals surface area contributed by atoms with E-state index in [2.05, 4.69) is 16.5 Å². The second-order valence-electron chi connectivity index (χ2n) is 8.54. The van der Waals surface area contributed by atoms with Gasteiger partial charge in [0.15, 0.2) is 0 Å². The minimum Gasteiger partial charge on any atom is -0.489 e. The lowest BCUT2D eigenvalue weighted by atomic mass is 10.1. The normalized spacial score (nSPS) is 10.9. The number of hydrogen-bond acceptors (Lipinski definition) is 3. The Balaban J connectivity index is 1.46. The molecule has 0 radical (unpaired) electrons. The lowest BCUT2D eigenvalue weighted by Crippen LogP contribution is -2.14. The predicted octanol–water partition coefficient (Wildman–Crippen LogP) is 6.14. The lowest BCUT2D eigenvalue weighted by molar-refractivity contribution is 0.102. The fraction of sp³-hybridized carbons (Fsp3) is 0.214. The van der Waals surface area contributed by atoms with Gasteiger partial charge >= 0.3 is 0 Å². The number of nitrogens with zero attached hydrogens (tertiary/aromatic N) is 2. The zero-order valence-electron chi connectivity index (χ0n) is 19.9. The minimum atomic E-state index is -0.272. The number of halogens is 1. The topological polar surface area (TPSA) is 56.1 Å². The fourth-order valence-corrected chi connectivity index (χ4v) is 3.81. The second-order valence-corrected chi connectivity index (χ2v) is 8.54. The van der Waals surface area contributed by atoms with Crippen molar-refractivity contribution >= 4 is 11.6 Å². The molecule has 4 aromatic rings. The van der Waals surface area contributed by atoms with Gasteiger partial charge < -0.3 is 10.1 Å². The number of amides is 1. The van der Waals surface area contributed by atoms with Crippen LogP contribution >= 0.6 is 0 Å². The Bertz CT molecular complexity index is 1330. The highest BCUT2D eigenvalue weighted by Gasteiger charge is 2.16. The van der Waals surface area contributed by atoms with Crippen LogP contribution in [-0.4, -0.2) is 15.7 Å². The molecule has 6 heteroatoms. The number of aryl methyl sites for hydroxylation is 3. The number of aromatic nitrogens is 2. The summed E-state index contributed by atoms with van der Waals surface area (Å²) in [5.74, 6) is 0.363. The second kappa shape index (κ2) is 9.91. The Morgan fingerprint density at radius 1 is 0.971 bits per heavy atom. The van der Waals surface area contributed by atoms with Crippen molar-refractivity contribution in [3.63, 3.8) is 0 Å². The van der Waals surface area contributed by atoms with Crippen molar-refractivity contribution < 1.29 is 13.9 Å². The van der Waals surface area contributed by atoms with Gasteiger partial charge in [-0.05, 0) is 80.3 Å². The lowest BCUT2D eigenvalue weighted by Gasteiger charge is -2.11. The third kappa shape index (κ3) is 5.34. The van der Waals surface area contributed by atoms with Crippen LogP contribution in [0.15, 0.2) is 66.7 Å². The number of nitrogens with one attached hydrogen (secondary N) is 1. The van der Waals surface area contributed by atoms with Crippen LogP contribution in [-0.2, 0) is 13.2 Å². The zero-order chi connectivity index (χ0) is 24.2. The SMILES string of the molecule is Cc1ccc(C)c(OCc2cccc(C(=O)Nc3c(C)nn(Cc4ccc(F)cc4)c3C)c2)c1. The van der Waals surface area contributed by atoms with Crippen molar-refractivity contribution in [2.24, 2.45) is 0 Å². The molecular formula is C28H28FN3O2. The smallest absolute Gasteiger partial charge is 0.255 e. The van der Waals surface area contributed by atoms with Gasteiger partial charge in [0.05, 0.1) is 23.6 Å². The molecule has 5 nitrogen and oxygen atoms in total. The molecule has 3 aromatic carbocycles. The van der Waals surface area contributed by atoms with Gasteiger partial charge in [0, 0.05) is 5.56 Å². The Kier molecular flexibility index (Phi) is 6.77. The number of carbonyl (C=O) groups excluding carboxylic acids is 1. The molecule has 0 unspecified atom stereocenters. The summed E-state index contributed by atoms with van der Waals surface area (Å²) in [7, 11) is 0. The van der Waals surface area contributed by atoms with E-state index in [9.17, 15) is 9.18 Å². The van der Waals surface area contributed by atoms with E-state index >= 15 is 0 Å². The van der Waals surface area contributed by atoms with E-state index in [1.54, 1.807) is 18.2 Å². The monoisotopic (exact) mass is 457 g/mol. The number of carbonyl (C=O) groups is 1. The average Bonchev–Trinajstić information content (AvgIpc) is 3.08. The van der Waals surface area contributed by atoms with Crippen molar-refractivity contribution in [1.82, 2.24) is 9.78 Å². The van der Waals surface area contributed by atoms with Gasteiger partial charge in [-0.3, -0.25) is 9.48 Å². The molecular weight excluding hydrogens is 429 g/mol. The van der Waals surface area contributed by atoms with Crippen LogP contribution in [0.2, 0.25) is 0 Å². The molecule has 0 saturated carbocycles. The first-order valence-electron chi connectivity index (χ1n) is 11.2. The van der Waals surface area contributed by atoms with Gasteiger partial charge in [-0.25, -0.2) is 4.39 Å². The molecule has 1 amide bonds. The van der Waals surface area contributed by atoms with Gasteiger partial charge in [0.25, 0.3) is 5.91 Å². The molecule has 1 heterocycles. The molecule has 1 N–H and O–H groups in total. The third-order valence-electron chi connectivity index (χ3n) is 5.79. The quantitative estimate of drug-likeness (QED) is 0.363. The summed E-state index contributed by atoms with van der Waals surface area (Å²) in [6.45, 7) is 8.68. The summed E-state index contributed by atoms with van der Waals surface area (Å²) < 4.78 is 21.0. The van der Waals surface area contributed by atoms with Gasteiger partial charge in [-0.2, -0.15) is 5.10 Å². The minimum absolute atomic E-state index is 0.207. The van der Waals surface area contributed by atoms with Crippen LogP contribution in [0.5, 0.6) is 5.75 Å². The van der Waals surface area contributed by atoms with E-state index in [-0.39, 0.29) is 11.7 Å². The number of anilines is 1. The molecule has 0 saturated heterocycles. The zero-order valence-corrected chi connectivity index (χ0v) is 19.9. The Labute approximate surface area is 199 Å². The Morgan fingerprint density at radius 2 is 1.74 bits per heavy atom. The maximum Gasteiger partial charge on any atom is 0.255 e. The molecule has 4 rings (SSSR count). The first-order chi connectivity index (χ1) is 16.3. The number of ether oxygens (including phenoxy) is 1. The molecule has 0 spiro atoms. The van der Waals surface area contributed by atoms with Crippen molar-refractivity contribution in [3.8, 4) is 5.75 Å². The molecule has 0 aliphatic heterocycles. The van der Waals surface area contributed by atoms with E-state index in [4.69, 9.17) is 4.74 Å². The molecule has 0 aliphatic rings. The van der Waals surface area contributed by atoms with Crippen LogP contribution in [0.1, 0.15) is 44.0 Å². The van der Waals surface area contributed by atoms with E-state index in [0.717, 1.165) is 39.4 Å². The van der Waals surface area contributed by atoms with Crippen LogP contribution in [0, 0.1) is 33.5 Å². The highest BCUT2D eigenvalue weighted by atomic mass is 19.1. The maximum atomic E-state index is 13.2. The number of hydrogen-bond donors (Lipinski definition) is 1. The summed E-state index contributed by atoms with van der Waals surface area (Å²) >= 11 is 0. The van der Waals surface area contributed by atoms with E-state index in [0.29, 0.717) is 24.4 Å². The first kappa shape index (κ1) is 23.2. The highest BCUT2D eigenvalue weighted by Crippen LogP contribution is 2.23. The number of rotatable bonds is 7. The third-order valence-corrected chi connectivity index (χ3v) is 5.79. The van der Waals surface area contributed by atoms with Gasteiger partial charge in [0.2, 0.25) is 0 Å². The van der Waals surface area contributed by atoms with Crippen molar-refractivity contribution in [3.05, 3.63) is 112 Å². The van der Waals surface area contributed by atoms with Crippen LogP contribution < -0.4 is 10.1 Å². The van der Waals surface area contributed by atoms with Crippen LogP contribution in [0.3, 0.4) is 0 Å². The molecule has 0 atom stereocenters. The van der Waals surface area contributed by atoms with E-state index in [1.807, 2.05) is 62.7 Å². The highest BCUT2D eigenvalue weighted by molar-refractivity contribution is 6.05. The summed E-state index contributed by atoms with van der Waals surface area (Å²) in [5, 5.41) is 7.56. The molecule has 174 valence electrons. The van der Waals surface area contributed by atoms with Gasteiger partial charge in [0.1, 0.15) is 18.2 Å². The predicted molar refractivity (Wildman–Crippen MR) is 132 cm³/mol. The van der Waals surface area contributed by atoms with E-state index in [1.165, 1.54) is 12.1 Å². The first-order valence-corrected chi connectivity index (χ1v) is 11.2. The largest absolute Gasteiger partial charge is 0.489 e. The van der Waals surface area contributed by atoms with Crippen molar-refractivity contribution in [1.29, 1.82) is 0 Å². The van der Waals surface area contributed by atoms with Crippen molar-refractivity contribution in [2.75, 3.05) is 5.32 Å². The number of benzene rings is 3. The van der Waals surface area contributed by atoms with Crippen molar-refractivity contribution in [2.45, 2.75) is 40.8 Å². The summed E-state index contributed by atoms with van der Waals surface area (Å²) in [6.07, 6.45) is 0. The van der Waals surface area contributed by atoms with Crippen LogP contribution in [0.25, 0.3) is 0 Å². The fourth-order valence-electron chi connectivity index (χ4n) is 3.81. The Morgan fingerprint density at radius 3 is 2.50 bits per heavy atom. The van der Waals surface area contributed by atoms with E-state index < -0.39 is 0 Å². The van der Waals surface area contributed by atoms with Crippen LogP contribution in [0.4, 0.5) is 10.1 Å². The summed E-state index contributed by atoms with van der Waals surface area (Å²) in [6, 6.07) is 19.9. The molecule has 0 aliphatic carbocycles. The van der Waals surface area contributed by atoms with Gasteiger partial charge in [-0.15, -0.1) is 0 Å². The Hall–Kier alpha value is -3.93. The molecule has 0 fully saturated rings. The molecule has 34 heavy (non-hydrogen) atoms. The molecule has 0 bridgehead atoms. The maximum absolute atomic E-state index is 13.2. The summed E-state index contributed by atoms with van der Waals surface area (Å²) in [5.41, 5.74) is 6.85. The summed E-state index contributed by atoms with van der Waals surface area (Å²) in [4.78, 5) is 13.0. The van der Waals surface area contributed by atoms with Gasteiger partial charge in [-0.1, -0.05) is 36.4 Å². The average molecular weight is 458 g/mol. The standard InChI is InChI=1S/C28H28FN3O2/c1-18-8-9-19(2)26(14-18)34-17-23-6-5-7-24(15-23)28(33)30-27-20(3)31-32(21(27)4)16-22-10-12-25(29)13-11-22/h5-15H,16-17H2,1-4H3,(H,30,33).